The summed E-state index contributed by atoms with van der Waals surface area (Å²) in [6.45, 7) is 0. The second-order valence-electron chi connectivity index (χ2n) is 5.29. The van der Waals surface area contributed by atoms with E-state index in [-0.39, 0.29) is 5.56 Å². The van der Waals surface area contributed by atoms with Gasteiger partial charge < -0.3 is 14.8 Å². The van der Waals surface area contributed by atoms with Gasteiger partial charge in [0.2, 0.25) is 11.8 Å². The Bertz CT molecular complexity index is 1020. The molecule has 0 aliphatic carbocycles. The molecule has 25 heavy (non-hydrogen) atoms. The number of para-hydroxylation sites is 2. The van der Waals surface area contributed by atoms with Gasteiger partial charge >= 0.3 is 5.97 Å². The molecule has 4 rings (SSSR count). The molecule has 2 aromatic carbocycles. The van der Waals surface area contributed by atoms with Crippen molar-refractivity contribution in [2.75, 3.05) is 5.32 Å². The number of carboxylic acids is 1. The zero-order valence-corrected chi connectivity index (χ0v) is 12.9. The Kier molecular flexibility index (Phi) is 3.59. The Morgan fingerprint density at radius 3 is 2.60 bits per heavy atom. The van der Waals surface area contributed by atoms with Gasteiger partial charge in [0, 0.05) is 18.1 Å². The number of fused-ring (bicyclic) bond motifs is 1. The van der Waals surface area contributed by atoms with Crippen molar-refractivity contribution in [3.05, 3.63) is 66.5 Å². The topological polar surface area (TPSA) is 101 Å². The summed E-state index contributed by atoms with van der Waals surface area (Å²) in [5, 5.41) is 12.0. The quantitative estimate of drug-likeness (QED) is 0.587. The molecule has 4 aromatic rings. The third kappa shape index (κ3) is 3.02. The zero-order valence-electron chi connectivity index (χ0n) is 12.9. The number of carboxylic acid groups (broad SMARTS) is 1. The number of rotatable bonds is 4. The van der Waals surface area contributed by atoms with Crippen molar-refractivity contribution in [2.45, 2.75) is 0 Å². The maximum atomic E-state index is 11.0. The Morgan fingerprint density at radius 2 is 1.84 bits per heavy atom. The van der Waals surface area contributed by atoms with Crippen molar-refractivity contribution < 1.29 is 14.3 Å². The van der Waals surface area contributed by atoms with E-state index < -0.39 is 5.97 Å². The summed E-state index contributed by atoms with van der Waals surface area (Å²) in [5.41, 5.74) is 2.90. The summed E-state index contributed by atoms with van der Waals surface area (Å²) < 4.78 is 5.68. The number of oxazole rings is 1. The van der Waals surface area contributed by atoms with Gasteiger partial charge in [-0.15, -0.1) is 0 Å². The molecule has 2 N–H and O–H groups in total. The highest BCUT2D eigenvalue weighted by Crippen LogP contribution is 2.23. The van der Waals surface area contributed by atoms with E-state index in [0.717, 1.165) is 5.52 Å². The molecule has 2 aromatic heterocycles. The fraction of sp³-hybridized carbons (Fsp3) is 0. The van der Waals surface area contributed by atoms with Gasteiger partial charge in [-0.3, -0.25) is 0 Å². The number of benzene rings is 2. The van der Waals surface area contributed by atoms with Gasteiger partial charge in [-0.25, -0.2) is 19.7 Å². The van der Waals surface area contributed by atoms with Gasteiger partial charge in [-0.2, -0.15) is 0 Å². The number of nitrogens with zero attached hydrogens (tertiary/aromatic N) is 3. The number of aromatic nitrogens is 3. The van der Waals surface area contributed by atoms with Crippen LogP contribution in [0.3, 0.4) is 0 Å². The smallest absolute Gasteiger partial charge is 0.335 e. The van der Waals surface area contributed by atoms with Crippen molar-refractivity contribution in [2.24, 2.45) is 0 Å². The molecular formula is C18H12N4O3. The van der Waals surface area contributed by atoms with Gasteiger partial charge in [-0.1, -0.05) is 18.2 Å². The van der Waals surface area contributed by atoms with Crippen LogP contribution in [0.4, 0.5) is 11.6 Å². The van der Waals surface area contributed by atoms with E-state index in [1.807, 2.05) is 24.3 Å². The highest BCUT2D eigenvalue weighted by molar-refractivity contribution is 5.89. The third-order valence-corrected chi connectivity index (χ3v) is 3.56. The average Bonchev–Trinajstić information content (AvgIpc) is 3.07. The minimum absolute atomic E-state index is 0.188. The molecule has 0 aliphatic rings. The first kappa shape index (κ1) is 14.8. The van der Waals surface area contributed by atoms with E-state index in [1.165, 1.54) is 12.1 Å². The second-order valence-corrected chi connectivity index (χ2v) is 5.29. The van der Waals surface area contributed by atoms with Crippen LogP contribution in [0.1, 0.15) is 10.4 Å². The van der Waals surface area contributed by atoms with Crippen LogP contribution in [-0.2, 0) is 0 Å². The predicted molar refractivity (Wildman–Crippen MR) is 91.7 cm³/mol. The second kappa shape index (κ2) is 6.04. The number of hydrogen-bond donors (Lipinski definition) is 2. The summed E-state index contributed by atoms with van der Waals surface area (Å²) in [5.74, 6) is -0.195. The predicted octanol–water partition coefficient (Wildman–Crippen LogP) is 3.73. The standard InChI is InChI=1S/C18H12N4O3/c23-17(24)11-4-3-5-13(8-11)21-18-19-9-12(10-20-18)16-22-14-6-1-2-7-15(14)25-16/h1-10H,(H,23,24)(H,19,20,21). The first-order chi connectivity index (χ1) is 12.2. The van der Waals surface area contributed by atoms with Crippen molar-refractivity contribution in [1.29, 1.82) is 0 Å². The van der Waals surface area contributed by atoms with Gasteiger partial charge in [0.15, 0.2) is 5.58 Å². The Hall–Kier alpha value is -3.74. The molecule has 0 bridgehead atoms. The fourth-order valence-electron chi connectivity index (χ4n) is 2.36. The summed E-state index contributed by atoms with van der Waals surface area (Å²) in [6, 6.07) is 13.9. The number of anilines is 2. The van der Waals surface area contributed by atoms with Crippen LogP contribution in [-0.4, -0.2) is 26.0 Å². The number of hydrogen-bond acceptors (Lipinski definition) is 6. The highest BCUT2D eigenvalue weighted by Gasteiger charge is 2.09. The molecule has 0 saturated heterocycles. The van der Waals surface area contributed by atoms with Crippen molar-refractivity contribution in [3.8, 4) is 11.5 Å². The molecule has 0 unspecified atom stereocenters. The van der Waals surface area contributed by atoms with Crippen LogP contribution in [0.15, 0.2) is 65.3 Å². The SMILES string of the molecule is O=C(O)c1cccc(Nc2ncc(-c3nc4ccccc4o3)cn2)c1. The maximum Gasteiger partial charge on any atom is 0.335 e. The van der Waals surface area contributed by atoms with Gasteiger partial charge in [-0.05, 0) is 30.3 Å². The minimum atomic E-state index is -0.990. The molecule has 0 radical (unpaired) electrons. The number of aromatic carboxylic acids is 1. The maximum absolute atomic E-state index is 11.0. The summed E-state index contributed by atoms with van der Waals surface area (Å²) in [4.78, 5) is 23.9. The van der Waals surface area contributed by atoms with Gasteiger partial charge in [0.25, 0.3) is 0 Å². The zero-order chi connectivity index (χ0) is 17.2. The lowest BCUT2D eigenvalue weighted by molar-refractivity contribution is 0.0697. The lowest BCUT2D eigenvalue weighted by Crippen LogP contribution is -2.00. The van der Waals surface area contributed by atoms with E-state index in [4.69, 9.17) is 9.52 Å². The normalized spacial score (nSPS) is 10.7. The molecule has 0 aliphatic heterocycles. The van der Waals surface area contributed by atoms with E-state index in [1.54, 1.807) is 24.5 Å². The Balaban J connectivity index is 1.57. The Morgan fingerprint density at radius 1 is 1.04 bits per heavy atom. The summed E-state index contributed by atoms with van der Waals surface area (Å²) >= 11 is 0. The summed E-state index contributed by atoms with van der Waals surface area (Å²) in [7, 11) is 0. The van der Waals surface area contributed by atoms with Crippen LogP contribution in [0, 0.1) is 0 Å². The van der Waals surface area contributed by atoms with Crippen LogP contribution in [0.2, 0.25) is 0 Å². The molecule has 122 valence electrons. The van der Waals surface area contributed by atoms with Crippen LogP contribution >= 0.6 is 0 Å². The van der Waals surface area contributed by atoms with E-state index in [9.17, 15) is 4.79 Å². The van der Waals surface area contributed by atoms with Gasteiger partial charge in [0.05, 0.1) is 11.1 Å². The number of carbonyl (C=O) groups is 1. The minimum Gasteiger partial charge on any atom is -0.478 e. The molecule has 7 nitrogen and oxygen atoms in total. The lowest BCUT2D eigenvalue weighted by atomic mass is 10.2. The van der Waals surface area contributed by atoms with E-state index in [2.05, 4.69) is 20.3 Å². The molecule has 0 atom stereocenters. The highest BCUT2D eigenvalue weighted by atomic mass is 16.4. The van der Waals surface area contributed by atoms with Crippen molar-refractivity contribution >= 4 is 28.7 Å². The van der Waals surface area contributed by atoms with E-state index in [0.29, 0.717) is 28.7 Å². The van der Waals surface area contributed by atoms with Crippen molar-refractivity contribution in [3.63, 3.8) is 0 Å². The molecule has 7 heteroatoms. The van der Waals surface area contributed by atoms with Crippen molar-refractivity contribution in [1.82, 2.24) is 15.0 Å². The largest absolute Gasteiger partial charge is 0.478 e. The monoisotopic (exact) mass is 332 g/mol. The first-order valence-electron chi connectivity index (χ1n) is 7.47. The summed E-state index contributed by atoms with van der Waals surface area (Å²) in [6.07, 6.45) is 3.20. The molecular weight excluding hydrogens is 320 g/mol. The van der Waals surface area contributed by atoms with Crippen LogP contribution in [0.25, 0.3) is 22.6 Å². The molecule has 0 spiro atoms. The number of nitrogens with one attached hydrogen (secondary N) is 1. The van der Waals surface area contributed by atoms with Crippen LogP contribution < -0.4 is 5.32 Å². The Labute approximate surface area is 142 Å². The molecule has 0 saturated carbocycles. The van der Waals surface area contributed by atoms with Crippen LogP contribution in [0.5, 0.6) is 0 Å². The molecule has 2 heterocycles. The molecule has 0 amide bonds. The third-order valence-electron chi connectivity index (χ3n) is 3.56. The fourth-order valence-corrected chi connectivity index (χ4v) is 2.36. The first-order valence-corrected chi connectivity index (χ1v) is 7.47. The molecule has 0 fully saturated rings. The van der Waals surface area contributed by atoms with Gasteiger partial charge in [0.1, 0.15) is 5.52 Å². The lowest BCUT2D eigenvalue weighted by Gasteiger charge is -2.05. The average molecular weight is 332 g/mol. The van der Waals surface area contributed by atoms with E-state index >= 15 is 0 Å².